The lowest BCUT2D eigenvalue weighted by molar-refractivity contribution is 0.102. The number of carbonyl (C=O) groups excluding carboxylic acids is 1. The predicted molar refractivity (Wildman–Crippen MR) is 102 cm³/mol. The molecule has 0 aromatic heterocycles. The number of nitrogens with zero attached hydrogens (tertiary/aromatic N) is 1. The van der Waals surface area contributed by atoms with Crippen LogP contribution in [0.25, 0.3) is 0 Å². The Morgan fingerprint density at radius 3 is 2.61 bits per heavy atom. The van der Waals surface area contributed by atoms with Crippen LogP contribution < -0.4 is 14.8 Å². The standard InChI is InChI=1S/C19H19N3O5S/c1-26-18-7-6-16(28(24,25)22-15-8-9-27-12-15)10-17(18)19(23)21-14-4-2-13(11-20)3-5-14/h2-7,10,15,22H,8-9,12H2,1H3,(H,21,23)/t15-/m0/s1. The number of hydrogen-bond acceptors (Lipinski definition) is 6. The Balaban J connectivity index is 1.85. The average Bonchev–Trinajstić information content (AvgIpc) is 3.20. The first-order valence-corrected chi connectivity index (χ1v) is 10.0. The van der Waals surface area contributed by atoms with Crippen molar-refractivity contribution in [3.8, 4) is 11.8 Å². The summed E-state index contributed by atoms with van der Waals surface area (Å²) in [6.07, 6.45) is 0.599. The molecule has 0 bridgehead atoms. The van der Waals surface area contributed by atoms with Crippen LogP contribution in [0.2, 0.25) is 0 Å². The normalized spacial score (nSPS) is 16.4. The molecular weight excluding hydrogens is 382 g/mol. The van der Waals surface area contributed by atoms with Gasteiger partial charge in [0.15, 0.2) is 0 Å². The van der Waals surface area contributed by atoms with E-state index in [0.717, 1.165) is 0 Å². The second-order valence-corrected chi connectivity index (χ2v) is 7.90. The van der Waals surface area contributed by atoms with Crippen LogP contribution in [0.5, 0.6) is 5.75 Å². The van der Waals surface area contributed by atoms with Crippen LogP contribution in [0.1, 0.15) is 22.3 Å². The zero-order chi connectivity index (χ0) is 20.1. The molecule has 8 nitrogen and oxygen atoms in total. The molecule has 0 aliphatic carbocycles. The molecule has 1 fully saturated rings. The molecule has 2 aromatic carbocycles. The van der Waals surface area contributed by atoms with Crippen LogP contribution >= 0.6 is 0 Å². The van der Waals surface area contributed by atoms with Gasteiger partial charge in [-0.1, -0.05) is 0 Å². The van der Waals surface area contributed by atoms with Gasteiger partial charge in [0.05, 0.1) is 35.8 Å². The summed E-state index contributed by atoms with van der Waals surface area (Å²) in [7, 11) is -2.41. The maximum absolute atomic E-state index is 12.7. The van der Waals surface area contributed by atoms with Crippen molar-refractivity contribution in [2.24, 2.45) is 0 Å². The number of anilines is 1. The van der Waals surface area contributed by atoms with Gasteiger partial charge in [-0.05, 0) is 48.9 Å². The molecule has 2 N–H and O–H groups in total. The first-order chi connectivity index (χ1) is 13.4. The SMILES string of the molecule is COc1ccc(S(=O)(=O)N[C@H]2CCOC2)cc1C(=O)Nc1ccc(C#N)cc1. The minimum Gasteiger partial charge on any atom is -0.496 e. The number of nitriles is 1. The van der Waals surface area contributed by atoms with Gasteiger partial charge in [-0.3, -0.25) is 4.79 Å². The summed E-state index contributed by atoms with van der Waals surface area (Å²) >= 11 is 0. The summed E-state index contributed by atoms with van der Waals surface area (Å²) in [5.41, 5.74) is 1.02. The lowest BCUT2D eigenvalue weighted by Gasteiger charge is -2.14. The Bertz CT molecular complexity index is 1010. The van der Waals surface area contributed by atoms with Gasteiger partial charge in [-0.2, -0.15) is 5.26 Å². The lowest BCUT2D eigenvalue weighted by atomic mass is 10.1. The maximum atomic E-state index is 12.7. The summed E-state index contributed by atoms with van der Waals surface area (Å²) in [6, 6.07) is 12.1. The highest BCUT2D eigenvalue weighted by Gasteiger charge is 2.25. The van der Waals surface area contributed by atoms with Gasteiger partial charge < -0.3 is 14.8 Å². The molecule has 0 saturated carbocycles. The Morgan fingerprint density at radius 2 is 2.00 bits per heavy atom. The zero-order valence-corrected chi connectivity index (χ0v) is 16.0. The van der Waals surface area contributed by atoms with Gasteiger partial charge >= 0.3 is 0 Å². The van der Waals surface area contributed by atoms with Crippen molar-refractivity contribution in [1.82, 2.24) is 4.72 Å². The van der Waals surface area contributed by atoms with E-state index in [1.165, 1.54) is 25.3 Å². The van der Waals surface area contributed by atoms with Crippen LogP contribution in [0.4, 0.5) is 5.69 Å². The highest BCUT2D eigenvalue weighted by Crippen LogP contribution is 2.24. The number of ether oxygens (including phenoxy) is 2. The molecule has 1 atom stereocenters. The van der Waals surface area contributed by atoms with Crippen LogP contribution in [0, 0.1) is 11.3 Å². The molecule has 146 valence electrons. The van der Waals surface area contributed by atoms with E-state index in [-0.39, 0.29) is 22.3 Å². The van der Waals surface area contributed by atoms with Crippen LogP contribution in [-0.2, 0) is 14.8 Å². The summed E-state index contributed by atoms with van der Waals surface area (Å²) in [5.74, 6) is -0.280. The highest BCUT2D eigenvalue weighted by molar-refractivity contribution is 7.89. The van der Waals surface area contributed by atoms with Gasteiger partial charge in [0.1, 0.15) is 5.75 Å². The van der Waals surface area contributed by atoms with E-state index in [1.54, 1.807) is 24.3 Å². The molecule has 1 aliphatic heterocycles. The molecule has 1 aliphatic rings. The zero-order valence-electron chi connectivity index (χ0n) is 15.1. The summed E-state index contributed by atoms with van der Waals surface area (Å²) in [6.45, 7) is 0.829. The Kier molecular flexibility index (Phi) is 5.94. The number of rotatable bonds is 6. The van der Waals surface area contributed by atoms with Crippen molar-refractivity contribution in [2.45, 2.75) is 17.4 Å². The smallest absolute Gasteiger partial charge is 0.259 e. The Labute approximate surface area is 163 Å². The van der Waals surface area contributed by atoms with E-state index < -0.39 is 15.9 Å². The second kappa shape index (κ2) is 8.39. The minimum atomic E-state index is -3.81. The molecule has 0 spiro atoms. The molecule has 28 heavy (non-hydrogen) atoms. The third-order valence-corrected chi connectivity index (χ3v) is 5.77. The third kappa shape index (κ3) is 4.48. The average molecular weight is 401 g/mol. The summed E-state index contributed by atoms with van der Waals surface area (Å²) in [5, 5.41) is 11.5. The topological polar surface area (TPSA) is 118 Å². The molecule has 1 saturated heterocycles. The first-order valence-electron chi connectivity index (χ1n) is 8.52. The van der Waals surface area contributed by atoms with Crippen molar-refractivity contribution >= 4 is 21.6 Å². The number of hydrogen-bond donors (Lipinski definition) is 2. The van der Waals surface area contributed by atoms with Crippen molar-refractivity contribution in [3.05, 3.63) is 53.6 Å². The van der Waals surface area contributed by atoms with E-state index >= 15 is 0 Å². The third-order valence-electron chi connectivity index (χ3n) is 4.25. The summed E-state index contributed by atoms with van der Waals surface area (Å²) < 4.78 is 38.2. The van der Waals surface area contributed by atoms with Crippen molar-refractivity contribution in [3.63, 3.8) is 0 Å². The number of amides is 1. The number of methoxy groups -OCH3 is 1. The highest BCUT2D eigenvalue weighted by atomic mass is 32.2. The van der Waals surface area contributed by atoms with E-state index in [2.05, 4.69) is 10.0 Å². The summed E-state index contributed by atoms with van der Waals surface area (Å²) in [4.78, 5) is 12.6. The molecule has 1 heterocycles. The van der Waals surface area contributed by atoms with Gasteiger partial charge in [-0.25, -0.2) is 13.1 Å². The fourth-order valence-corrected chi connectivity index (χ4v) is 4.05. The second-order valence-electron chi connectivity index (χ2n) is 6.19. The van der Waals surface area contributed by atoms with Crippen molar-refractivity contribution < 1.29 is 22.7 Å². The van der Waals surface area contributed by atoms with Gasteiger partial charge in [0.2, 0.25) is 10.0 Å². The number of sulfonamides is 1. The van der Waals surface area contributed by atoms with Gasteiger partial charge in [0.25, 0.3) is 5.91 Å². The molecule has 9 heteroatoms. The number of carbonyl (C=O) groups is 1. The molecule has 2 aromatic rings. The fourth-order valence-electron chi connectivity index (χ4n) is 2.77. The fraction of sp³-hybridized carbons (Fsp3) is 0.263. The molecule has 0 unspecified atom stereocenters. The minimum absolute atomic E-state index is 0.0369. The largest absolute Gasteiger partial charge is 0.496 e. The molecule has 1 amide bonds. The first kappa shape index (κ1) is 19.8. The Hall–Kier alpha value is -2.93. The van der Waals surface area contributed by atoms with E-state index in [1.807, 2.05) is 6.07 Å². The van der Waals surface area contributed by atoms with E-state index in [4.69, 9.17) is 14.7 Å². The molecular formula is C19H19N3O5S. The monoisotopic (exact) mass is 401 g/mol. The maximum Gasteiger partial charge on any atom is 0.259 e. The predicted octanol–water partition coefficient (Wildman–Crippen LogP) is 1.89. The van der Waals surface area contributed by atoms with Gasteiger partial charge in [-0.15, -0.1) is 0 Å². The van der Waals surface area contributed by atoms with E-state index in [9.17, 15) is 13.2 Å². The van der Waals surface area contributed by atoms with Crippen LogP contribution in [0.3, 0.4) is 0 Å². The van der Waals surface area contributed by atoms with Crippen molar-refractivity contribution in [2.75, 3.05) is 25.6 Å². The quantitative estimate of drug-likeness (QED) is 0.763. The van der Waals surface area contributed by atoms with Gasteiger partial charge in [0, 0.05) is 18.3 Å². The van der Waals surface area contributed by atoms with Crippen LogP contribution in [0.15, 0.2) is 47.4 Å². The number of nitrogens with one attached hydrogen (secondary N) is 2. The molecule has 0 radical (unpaired) electrons. The van der Waals surface area contributed by atoms with E-state index in [0.29, 0.717) is 30.9 Å². The number of benzene rings is 2. The lowest BCUT2D eigenvalue weighted by Crippen LogP contribution is -2.35. The van der Waals surface area contributed by atoms with Crippen molar-refractivity contribution in [1.29, 1.82) is 5.26 Å². The molecule has 3 rings (SSSR count). The Morgan fingerprint density at radius 1 is 1.25 bits per heavy atom. The van der Waals surface area contributed by atoms with Crippen LogP contribution in [-0.4, -0.2) is 40.7 Å².